The largest absolute Gasteiger partial charge is 0.384 e. The smallest absolute Gasteiger partial charge is 0.252 e. The zero-order valence-electron chi connectivity index (χ0n) is 12.3. The standard InChI is InChI=1S/C17H21NO3/c1-13-6-7-14(4-2-10-19)16(12-13)17(20)18-9-8-15-5-3-11-21-15/h6-7,12,15,19H,3,5,8-11H2,1H3,(H,18,20). The SMILES string of the molecule is Cc1ccc(C#CCO)c(C(=O)NCCC2CCCO2)c1. The van der Waals surface area contributed by atoms with Crippen molar-refractivity contribution in [2.45, 2.75) is 32.3 Å². The molecule has 0 aromatic heterocycles. The first-order valence-corrected chi connectivity index (χ1v) is 7.31. The average molecular weight is 287 g/mol. The van der Waals surface area contributed by atoms with Crippen LogP contribution in [0.4, 0.5) is 0 Å². The van der Waals surface area contributed by atoms with Crippen molar-refractivity contribution in [2.24, 2.45) is 0 Å². The minimum absolute atomic E-state index is 0.126. The highest BCUT2D eigenvalue weighted by Gasteiger charge is 2.16. The number of aliphatic hydroxyl groups is 1. The molecule has 4 nitrogen and oxygen atoms in total. The maximum atomic E-state index is 12.3. The van der Waals surface area contributed by atoms with Gasteiger partial charge in [0.2, 0.25) is 0 Å². The number of rotatable bonds is 4. The highest BCUT2D eigenvalue weighted by molar-refractivity contribution is 5.96. The predicted molar refractivity (Wildman–Crippen MR) is 81.1 cm³/mol. The Balaban J connectivity index is 1.98. The van der Waals surface area contributed by atoms with Crippen LogP contribution in [0.5, 0.6) is 0 Å². The number of carbonyl (C=O) groups is 1. The van der Waals surface area contributed by atoms with E-state index in [9.17, 15) is 4.79 Å². The summed E-state index contributed by atoms with van der Waals surface area (Å²) in [5.74, 6) is 5.28. The van der Waals surface area contributed by atoms with Crippen molar-refractivity contribution < 1.29 is 14.6 Å². The Bertz CT molecular complexity index is 551. The highest BCUT2D eigenvalue weighted by atomic mass is 16.5. The fourth-order valence-electron chi connectivity index (χ4n) is 2.40. The van der Waals surface area contributed by atoms with Gasteiger partial charge in [0, 0.05) is 18.7 Å². The second-order valence-electron chi connectivity index (χ2n) is 5.19. The van der Waals surface area contributed by atoms with Gasteiger partial charge in [-0.05, 0) is 38.3 Å². The minimum atomic E-state index is -0.214. The molecule has 0 spiro atoms. The number of hydrogen-bond acceptors (Lipinski definition) is 3. The molecule has 4 heteroatoms. The van der Waals surface area contributed by atoms with Crippen molar-refractivity contribution in [3.63, 3.8) is 0 Å². The summed E-state index contributed by atoms with van der Waals surface area (Å²) in [7, 11) is 0. The normalized spacial score (nSPS) is 17.1. The third-order valence-electron chi connectivity index (χ3n) is 3.50. The van der Waals surface area contributed by atoms with Crippen molar-refractivity contribution >= 4 is 5.91 Å². The molecule has 1 saturated heterocycles. The van der Waals surface area contributed by atoms with Crippen LogP contribution in [0.25, 0.3) is 0 Å². The van der Waals surface area contributed by atoms with Gasteiger partial charge in [-0.1, -0.05) is 23.5 Å². The highest BCUT2D eigenvalue weighted by Crippen LogP contribution is 2.15. The van der Waals surface area contributed by atoms with E-state index in [-0.39, 0.29) is 18.6 Å². The molecule has 0 radical (unpaired) electrons. The van der Waals surface area contributed by atoms with E-state index in [4.69, 9.17) is 9.84 Å². The number of nitrogens with one attached hydrogen (secondary N) is 1. The van der Waals surface area contributed by atoms with Crippen LogP contribution in [0.3, 0.4) is 0 Å². The van der Waals surface area contributed by atoms with Gasteiger partial charge >= 0.3 is 0 Å². The molecule has 1 aromatic rings. The van der Waals surface area contributed by atoms with Gasteiger partial charge in [-0.15, -0.1) is 0 Å². The van der Waals surface area contributed by atoms with Gasteiger partial charge in [-0.25, -0.2) is 0 Å². The quantitative estimate of drug-likeness (QED) is 0.828. The molecule has 1 aliphatic rings. The molecular weight excluding hydrogens is 266 g/mol. The van der Waals surface area contributed by atoms with Crippen LogP contribution in [0.15, 0.2) is 18.2 Å². The van der Waals surface area contributed by atoms with Crippen molar-refractivity contribution in [3.05, 3.63) is 34.9 Å². The molecular formula is C17H21NO3. The van der Waals surface area contributed by atoms with E-state index < -0.39 is 0 Å². The van der Waals surface area contributed by atoms with Gasteiger partial charge in [0.25, 0.3) is 5.91 Å². The number of benzene rings is 1. The van der Waals surface area contributed by atoms with Gasteiger partial charge in [-0.3, -0.25) is 4.79 Å². The lowest BCUT2D eigenvalue weighted by Crippen LogP contribution is -2.27. The molecule has 0 saturated carbocycles. The topological polar surface area (TPSA) is 58.6 Å². The summed E-state index contributed by atoms with van der Waals surface area (Å²) in [6, 6.07) is 5.54. The lowest BCUT2D eigenvalue weighted by molar-refractivity contribution is 0.0907. The Hall–Kier alpha value is -1.83. The Morgan fingerprint density at radius 2 is 2.38 bits per heavy atom. The number of hydrogen-bond donors (Lipinski definition) is 2. The fraction of sp³-hybridized carbons (Fsp3) is 0.471. The molecule has 2 N–H and O–H groups in total. The molecule has 1 amide bonds. The van der Waals surface area contributed by atoms with Gasteiger partial charge in [0.05, 0.1) is 11.7 Å². The van der Waals surface area contributed by atoms with Gasteiger partial charge in [0.1, 0.15) is 6.61 Å². The van der Waals surface area contributed by atoms with Crippen LogP contribution in [0.2, 0.25) is 0 Å². The average Bonchev–Trinajstić information content (AvgIpc) is 2.99. The molecule has 1 atom stereocenters. The zero-order chi connectivity index (χ0) is 15.1. The Morgan fingerprint density at radius 3 is 3.10 bits per heavy atom. The first kappa shape index (κ1) is 15.6. The van der Waals surface area contributed by atoms with E-state index in [0.29, 0.717) is 17.7 Å². The molecule has 112 valence electrons. The van der Waals surface area contributed by atoms with Gasteiger partial charge in [0.15, 0.2) is 0 Å². The summed E-state index contributed by atoms with van der Waals surface area (Å²) in [4.78, 5) is 12.3. The van der Waals surface area contributed by atoms with Gasteiger partial charge in [-0.2, -0.15) is 0 Å². The van der Waals surface area contributed by atoms with Crippen LogP contribution in [-0.2, 0) is 4.74 Å². The number of ether oxygens (including phenoxy) is 1. The van der Waals surface area contributed by atoms with Crippen molar-refractivity contribution in [1.82, 2.24) is 5.32 Å². The monoisotopic (exact) mass is 287 g/mol. The summed E-state index contributed by atoms with van der Waals surface area (Å²) < 4.78 is 5.53. The van der Waals surface area contributed by atoms with Crippen LogP contribution in [0.1, 0.15) is 40.7 Å². The van der Waals surface area contributed by atoms with E-state index in [1.54, 1.807) is 0 Å². The van der Waals surface area contributed by atoms with Crippen LogP contribution >= 0.6 is 0 Å². The molecule has 2 rings (SSSR count). The molecule has 0 aliphatic carbocycles. The van der Waals surface area contributed by atoms with E-state index in [1.165, 1.54) is 0 Å². The summed E-state index contributed by atoms with van der Waals surface area (Å²) in [5, 5.41) is 11.7. The van der Waals surface area contributed by atoms with Crippen molar-refractivity contribution in [3.8, 4) is 11.8 Å². The Morgan fingerprint density at radius 1 is 1.52 bits per heavy atom. The first-order valence-electron chi connectivity index (χ1n) is 7.31. The molecule has 1 heterocycles. The number of carbonyl (C=O) groups excluding carboxylic acids is 1. The summed E-state index contributed by atoms with van der Waals surface area (Å²) >= 11 is 0. The second-order valence-corrected chi connectivity index (χ2v) is 5.19. The van der Waals surface area contributed by atoms with Gasteiger partial charge < -0.3 is 15.2 Å². The summed E-state index contributed by atoms with van der Waals surface area (Å²) in [6.45, 7) is 3.15. The molecule has 1 aliphatic heterocycles. The van der Waals surface area contributed by atoms with Crippen molar-refractivity contribution in [2.75, 3.05) is 19.8 Å². The molecule has 1 fully saturated rings. The van der Waals surface area contributed by atoms with Crippen molar-refractivity contribution in [1.29, 1.82) is 0 Å². The molecule has 0 bridgehead atoms. The second kappa shape index (κ2) is 7.82. The Kier molecular flexibility index (Phi) is 5.79. The third kappa shape index (κ3) is 4.59. The zero-order valence-corrected chi connectivity index (χ0v) is 12.3. The maximum Gasteiger partial charge on any atom is 0.252 e. The van der Waals surface area contributed by atoms with Crippen LogP contribution < -0.4 is 5.32 Å². The van der Waals surface area contributed by atoms with Crippen LogP contribution in [-0.4, -0.2) is 36.9 Å². The summed E-state index contributed by atoms with van der Waals surface area (Å²) in [5.41, 5.74) is 2.21. The molecule has 1 aromatic carbocycles. The third-order valence-corrected chi connectivity index (χ3v) is 3.50. The number of aliphatic hydroxyl groups excluding tert-OH is 1. The minimum Gasteiger partial charge on any atom is -0.384 e. The van der Waals surface area contributed by atoms with E-state index in [2.05, 4.69) is 17.2 Å². The summed E-state index contributed by atoms with van der Waals surface area (Å²) in [6.07, 6.45) is 3.30. The molecule has 21 heavy (non-hydrogen) atoms. The lowest BCUT2D eigenvalue weighted by atomic mass is 10.0. The fourth-order valence-corrected chi connectivity index (χ4v) is 2.40. The Labute approximate surface area is 125 Å². The van der Waals surface area contributed by atoms with E-state index >= 15 is 0 Å². The lowest BCUT2D eigenvalue weighted by Gasteiger charge is -2.11. The number of amides is 1. The first-order chi connectivity index (χ1) is 10.2. The maximum absolute atomic E-state index is 12.3. The van der Waals surface area contributed by atoms with E-state index in [0.717, 1.165) is 31.4 Å². The number of aryl methyl sites for hydroxylation is 1. The van der Waals surface area contributed by atoms with E-state index in [1.807, 2.05) is 25.1 Å². The van der Waals surface area contributed by atoms with Crippen LogP contribution in [0, 0.1) is 18.8 Å². The predicted octanol–water partition coefficient (Wildman–Crippen LogP) is 1.64. The molecule has 1 unspecified atom stereocenters.